The first-order valence-electron chi connectivity index (χ1n) is 17.3. The lowest BCUT2D eigenvalue weighted by Crippen LogP contribution is -2.16. The SMILES string of the molecule is CC1(C)c2ccccc2-c2ccc(N(c3ccc(-c4ccccc4)cc3)c3ccc4nc(-c5ccccc5)cc(-c5ccccc5)c4c3)cc21. The number of pyridine rings is 1. The highest BCUT2D eigenvalue weighted by molar-refractivity contribution is 6.00. The van der Waals surface area contributed by atoms with Crippen LogP contribution >= 0.6 is 0 Å². The fraction of sp³-hybridized carbons (Fsp3) is 0.0625. The molecule has 0 unspecified atom stereocenters. The molecule has 238 valence electrons. The van der Waals surface area contributed by atoms with Crippen LogP contribution in [0.2, 0.25) is 0 Å². The molecule has 1 aliphatic carbocycles. The number of fused-ring (bicyclic) bond motifs is 4. The fourth-order valence-electron chi connectivity index (χ4n) is 7.68. The van der Waals surface area contributed by atoms with E-state index in [0.29, 0.717) is 0 Å². The lowest BCUT2D eigenvalue weighted by atomic mass is 9.82. The minimum Gasteiger partial charge on any atom is -0.310 e. The summed E-state index contributed by atoms with van der Waals surface area (Å²) in [7, 11) is 0. The van der Waals surface area contributed by atoms with E-state index >= 15 is 0 Å². The van der Waals surface area contributed by atoms with Gasteiger partial charge >= 0.3 is 0 Å². The number of aromatic nitrogens is 1. The molecule has 0 saturated carbocycles. The molecule has 0 N–H and O–H groups in total. The molecule has 0 amide bonds. The Bertz CT molecular complexity index is 2480. The standard InChI is InChI=1S/C48H36N2/c1-48(2)44-21-13-12-20-40(44)41-28-26-39(31-45(41)48)50(37-24-22-34(23-25-37)33-14-6-3-7-15-33)38-27-29-46-43(30-38)42(35-16-8-4-9-17-35)32-47(49-46)36-18-10-5-11-19-36/h3-32H,1-2H3. The van der Waals surface area contributed by atoms with Gasteiger partial charge in [0.2, 0.25) is 0 Å². The Morgan fingerprint density at radius 3 is 1.66 bits per heavy atom. The molecule has 7 aromatic carbocycles. The van der Waals surface area contributed by atoms with Crippen LogP contribution in [0.1, 0.15) is 25.0 Å². The smallest absolute Gasteiger partial charge is 0.0717 e. The third kappa shape index (κ3) is 5.09. The van der Waals surface area contributed by atoms with Gasteiger partial charge in [-0.15, -0.1) is 0 Å². The predicted molar refractivity (Wildman–Crippen MR) is 210 cm³/mol. The van der Waals surface area contributed by atoms with E-state index in [4.69, 9.17) is 4.98 Å². The van der Waals surface area contributed by atoms with Gasteiger partial charge in [0, 0.05) is 33.4 Å². The zero-order valence-corrected chi connectivity index (χ0v) is 28.2. The number of rotatable bonds is 6. The summed E-state index contributed by atoms with van der Waals surface area (Å²) in [5, 5.41) is 1.12. The van der Waals surface area contributed by atoms with Crippen molar-refractivity contribution >= 4 is 28.0 Å². The van der Waals surface area contributed by atoms with Crippen LogP contribution in [0.15, 0.2) is 182 Å². The first-order chi connectivity index (χ1) is 24.5. The van der Waals surface area contributed by atoms with Gasteiger partial charge in [0.1, 0.15) is 0 Å². The van der Waals surface area contributed by atoms with Crippen molar-refractivity contribution in [3.05, 3.63) is 193 Å². The van der Waals surface area contributed by atoms with Gasteiger partial charge in [-0.05, 0) is 93.0 Å². The Morgan fingerprint density at radius 1 is 0.400 bits per heavy atom. The van der Waals surface area contributed by atoms with Crippen LogP contribution in [0, 0.1) is 0 Å². The summed E-state index contributed by atoms with van der Waals surface area (Å²) < 4.78 is 0. The molecule has 0 bridgehead atoms. The van der Waals surface area contributed by atoms with Crippen LogP contribution in [0.5, 0.6) is 0 Å². The van der Waals surface area contributed by atoms with Crippen LogP contribution in [-0.2, 0) is 5.41 Å². The van der Waals surface area contributed by atoms with Gasteiger partial charge in [0.25, 0.3) is 0 Å². The van der Waals surface area contributed by atoms with Crippen molar-refractivity contribution < 1.29 is 0 Å². The third-order valence-electron chi connectivity index (χ3n) is 10.3. The summed E-state index contributed by atoms with van der Waals surface area (Å²) in [4.78, 5) is 7.59. The molecule has 0 atom stereocenters. The second kappa shape index (κ2) is 12.0. The monoisotopic (exact) mass is 640 g/mol. The molecular formula is C48H36N2. The second-order valence-corrected chi connectivity index (χ2v) is 13.6. The number of nitrogens with zero attached hydrogens (tertiary/aromatic N) is 2. The predicted octanol–water partition coefficient (Wildman–Crippen LogP) is 13.0. The molecule has 0 aliphatic heterocycles. The number of hydrogen-bond acceptors (Lipinski definition) is 2. The van der Waals surface area contributed by atoms with E-state index < -0.39 is 0 Å². The van der Waals surface area contributed by atoms with Crippen molar-refractivity contribution in [3.8, 4) is 44.6 Å². The summed E-state index contributed by atoms with van der Waals surface area (Å²) in [6, 6.07) is 65.5. The Labute approximate surface area is 294 Å². The molecule has 8 aromatic rings. The molecule has 1 aromatic heterocycles. The lowest BCUT2D eigenvalue weighted by molar-refractivity contribution is 0.660. The van der Waals surface area contributed by atoms with Gasteiger partial charge in [-0.2, -0.15) is 0 Å². The molecule has 1 aliphatic rings. The van der Waals surface area contributed by atoms with Gasteiger partial charge in [0.05, 0.1) is 11.2 Å². The van der Waals surface area contributed by atoms with Gasteiger partial charge < -0.3 is 4.90 Å². The van der Waals surface area contributed by atoms with Gasteiger partial charge in [-0.3, -0.25) is 0 Å². The Balaban J connectivity index is 1.24. The average molecular weight is 641 g/mol. The molecule has 1 heterocycles. The number of hydrogen-bond donors (Lipinski definition) is 0. The van der Waals surface area contributed by atoms with Crippen LogP contribution in [0.3, 0.4) is 0 Å². The topological polar surface area (TPSA) is 16.1 Å². The molecular weight excluding hydrogens is 605 g/mol. The largest absolute Gasteiger partial charge is 0.310 e. The summed E-state index contributed by atoms with van der Waals surface area (Å²) in [5.74, 6) is 0. The minimum absolute atomic E-state index is 0.105. The van der Waals surface area contributed by atoms with E-state index in [1.165, 1.54) is 44.5 Å². The van der Waals surface area contributed by atoms with E-state index in [9.17, 15) is 0 Å². The third-order valence-corrected chi connectivity index (χ3v) is 10.3. The van der Waals surface area contributed by atoms with E-state index in [-0.39, 0.29) is 5.41 Å². The molecule has 50 heavy (non-hydrogen) atoms. The maximum Gasteiger partial charge on any atom is 0.0717 e. The first kappa shape index (κ1) is 29.9. The highest BCUT2D eigenvalue weighted by atomic mass is 15.1. The molecule has 2 heteroatoms. The molecule has 0 radical (unpaired) electrons. The van der Waals surface area contributed by atoms with Crippen LogP contribution in [0.4, 0.5) is 17.1 Å². The van der Waals surface area contributed by atoms with Gasteiger partial charge in [0.15, 0.2) is 0 Å². The Hall–Kier alpha value is -6.25. The molecule has 9 rings (SSSR count). The van der Waals surface area contributed by atoms with Crippen molar-refractivity contribution in [2.24, 2.45) is 0 Å². The van der Waals surface area contributed by atoms with Gasteiger partial charge in [-0.25, -0.2) is 4.98 Å². The lowest BCUT2D eigenvalue weighted by Gasteiger charge is -2.28. The second-order valence-electron chi connectivity index (χ2n) is 13.6. The highest BCUT2D eigenvalue weighted by Crippen LogP contribution is 2.51. The van der Waals surface area contributed by atoms with Crippen molar-refractivity contribution in [1.82, 2.24) is 4.98 Å². The van der Waals surface area contributed by atoms with Gasteiger partial charge in [-0.1, -0.05) is 147 Å². The average Bonchev–Trinajstić information content (AvgIpc) is 3.41. The van der Waals surface area contributed by atoms with E-state index in [1.807, 2.05) is 0 Å². The maximum atomic E-state index is 5.19. The Kier molecular flexibility index (Phi) is 7.17. The van der Waals surface area contributed by atoms with Crippen LogP contribution in [0.25, 0.3) is 55.5 Å². The van der Waals surface area contributed by atoms with Crippen molar-refractivity contribution in [2.75, 3.05) is 4.90 Å². The van der Waals surface area contributed by atoms with Crippen molar-refractivity contribution in [1.29, 1.82) is 0 Å². The highest BCUT2D eigenvalue weighted by Gasteiger charge is 2.35. The summed E-state index contributed by atoms with van der Waals surface area (Å²) in [5.41, 5.74) is 16.4. The number of anilines is 3. The van der Waals surface area contributed by atoms with E-state index in [2.05, 4.69) is 201 Å². The summed E-state index contributed by atoms with van der Waals surface area (Å²) in [6.45, 7) is 4.69. The fourth-order valence-corrected chi connectivity index (χ4v) is 7.68. The number of benzene rings is 7. The van der Waals surface area contributed by atoms with E-state index in [0.717, 1.165) is 39.2 Å². The van der Waals surface area contributed by atoms with Crippen molar-refractivity contribution in [2.45, 2.75) is 19.3 Å². The molecule has 2 nitrogen and oxygen atoms in total. The Morgan fingerprint density at radius 2 is 0.940 bits per heavy atom. The summed E-state index contributed by atoms with van der Waals surface area (Å²) in [6.07, 6.45) is 0. The van der Waals surface area contributed by atoms with Crippen LogP contribution in [-0.4, -0.2) is 4.98 Å². The minimum atomic E-state index is -0.105. The van der Waals surface area contributed by atoms with E-state index in [1.54, 1.807) is 0 Å². The molecule has 0 fully saturated rings. The van der Waals surface area contributed by atoms with Crippen LogP contribution < -0.4 is 4.90 Å². The maximum absolute atomic E-state index is 5.19. The zero-order chi connectivity index (χ0) is 33.7. The normalized spacial score (nSPS) is 12.8. The molecule has 0 spiro atoms. The summed E-state index contributed by atoms with van der Waals surface area (Å²) >= 11 is 0. The van der Waals surface area contributed by atoms with Crippen molar-refractivity contribution in [3.63, 3.8) is 0 Å². The zero-order valence-electron chi connectivity index (χ0n) is 28.2. The molecule has 0 saturated heterocycles. The quantitative estimate of drug-likeness (QED) is 0.180. The first-order valence-corrected chi connectivity index (χ1v) is 17.3.